The first-order chi connectivity index (χ1) is 13.1. The van der Waals surface area contributed by atoms with Crippen molar-refractivity contribution in [3.05, 3.63) is 75.7 Å². The van der Waals surface area contributed by atoms with E-state index in [1.807, 2.05) is 41.1 Å². The number of carbonyl (C=O) groups is 1. The lowest BCUT2D eigenvalue weighted by atomic mass is 10.0. The van der Waals surface area contributed by atoms with Crippen LogP contribution in [0.4, 0.5) is 0 Å². The van der Waals surface area contributed by atoms with Crippen LogP contribution in [-0.2, 0) is 9.53 Å². The minimum absolute atomic E-state index is 0.139. The Bertz CT molecular complexity index is 1180. The third-order valence-electron chi connectivity index (χ3n) is 4.15. The zero-order valence-electron chi connectivity index (χ0n) is 14.7. The molecule has 0 amide bonds. The van der Waals surface area contributed by atoms with Gasteiger partial charge in [0.25, 0.3) is 5.56 Å². The predicted molar refractivity (Wildman–Crippen MR) is 109 cm³/mol. The smallest absolute Gasteiger partial charge is 0.338 e. The second-order valence-electron chi connectivity index (χ2n) is 5.83. The van der Waals surface area contributed by atoms with E-state index in [1.165, 1.54) is 22.7 Å². The maximum Gasteiger partial charge on any atom is 0.338 e. The molecule has 3 aromatic heterocycles. The van der Waals surface area contributed by atoms with Crippen LogP contribution in [0.15, 0.2) is 56.1 Å². The lowest BCUT2D eigenvalue weighted by Gasteiger charge is -2.23. The summed E-state index contributed by atoms with van der Waals surface area (Å²) in [6.07, 6.45) is 1.88. The number of esters is 1. The van der Waals surface area contributed by atoms with Gasteiger partial charge in [0.05, 0.1) is 22.4 Å². The Balaban J connectivity index is 1.96. The standard InChI is InChI=1S/C19H16N2O3S3/c1-3-24-18(23)15-11(2)20-19-21(16(15)13-7-5-9-26-13)17(22)14(27-19)10-12-6-4-8-25-12/h4-10,16H,3H2,1-2H3/b14-10+/t16-/m1/s1. The van der Waals surface area contributed by atoms with Gasteiger partial charge in [-0.15, -0.1) is 22.7 Å². The summed E-state index contributed by atoms with van der Waals surface area (Å²) < 4.78 is 7.48. The number of thiophene rings is 2. The van der Waals surface area contributed by atoms with Crippen molar-refractivity contribution in [2.24, 2.45) is 4.99 Å². The van der Waals surface area contributed by atoms with E-state index in [4.69, 9.17) is 4.74 Å². The Kier molecular flexibility index (Phi) is 4.94. The molecule has 27 heavy (non-hydrogen) atoms. The van der Waals surface area contributed by atoms with Crippen LogP contribution in [0.1, 0.15) is 29.6 Å². The van der Waals surface area contributed by atoms with Crippen molar-refractivity contribution in [1.82, 2.24) is 4.57 Å². The minimum Gasteiger partial charge on any atom is -0.463 e. The van der Waals surface area contributed by atoms with Crippen LogP contribution in [0, 0.1) is 0 Å². The number of aromatic nitrogens is 1. The molecule has 138 valence electrons. The number of hydrogen-bond donors (Lipinski definition) is 0. The molecule has 0 aromatic carbocycles. The van der Waals surface area contributed by atoms with Gasteiger partial charge in [0.15, 0.2) is 4.80 Å². The zero-order valence-corrected chi connectivity index (χ0v) is 17.1. The quantitative estimate of drug-likeness (QED) is 0.615. The van der Waals surface area contributed by atoms with Crippen LogP contribution in [0.25, 0.3) is 6.08 Å². The Hall–Kier alpha value is -2.29. The molecule has 1 aliphatic heterocycles. The van der Waals surface area contributed by atoms with Crippen LogP contribution < -0.4 is 14.9 Å². The molecule has 0 saturated carbocycles. The van der Waals surface area contributed by atoms with Gasteiger partial charge in [0.2, 0.25) is 0 Å². The first kappa shape index (κ1) is 18.1. The summed E-state index contributed by atoms with van der Waals surface area (Å²) in [5, 5.41) is 3.91. The number of nitrogens with zero attached hydrogens (tertiary/aromatic N) is 2. The van der Waals surface area contributed by atoms with E-state index >= 15 is 0 Å². The molecule has 1 atom stereocenters. The summed E-state index contributed by atoms with van der Waals surface area (Å²) in [6, 6.07) is 7.26. The summed E-state index contributed by atoms with van der Waals surface area (Å²) in [4.78, 5) is 32.9. The first-order valence-electron chi connectivity index (χ1n) is 8.36. The van der Waals surface area contributed by atoms with Crippen LogP contribution >= 0.6 is 34.0 Å². The van der Waals surface area contributed by atoms with Crippen LogP contribution in [-0.4, -0.2) is 17.1 Å². The number of hydrogen-bond acceptors (Lipinski definition) is 7. The molecule has 4 rings (SSSR count). The van der Waals surface area contributed by atoms with Crippen molar-refractivity contribution in [3.8, 4) is 0 Å². The van der Waals surface area contributed by atoms with Crippen molar-refractivity contribution in [3.63, 3.8) is 0 Å². The normalized spacial score (nSPS) is 17.0. The Morgan fingerprint density at radius 1 is 1.30 bits per heavy atom. The van der Waals surface area contributed by atoms with E-state index in [1.54, 1.807) is 29.8 Å². The predicted octanol–water partition coefficient (Wildman–Crippen LogP) is 2.92. The fourth-order valence-corrected chi connectivity index (χ4v) is 5.60. The van der Waals surface area contributed by atoms with Crippen LogP contribution in [0.2, 0.25) is 0 Å². The van der Waals surface area contributed by atoms with Gasteiger partial charge in [-0.3, -0.25) is 9.36 Å². The summed E-state index contributed by atoms with van der Waals surface area (Å²) in [5.41, 5.74) is 0.880. The van der Waals surface area contributed by atoms with Gasteiger partial charge in [-0.1, -0.05) is 23.5 Å². The topological polar surface area (TPSA) is 60.7 Å². The molecule has 0 radical (unpaired) electrons. The van der Waals surface area contributed by atoms with Gasteiger partial charge < -0.3 is 4.74 Å². The highest BCUT2D eigenvalue weighted by Gasteiger charge is 2.33. The summed E-state index contributed by atoms with van der Waals surface area (Å²) >= 11 is 4.43. The highest BCUT2D eigenvalue weighted by Crippen LogP contribution is 2.33. The van der Waals surface area contributed by atoms with E-state index < -0.39 is 12.0 Å². The lowest BCUT2D eigenvalue weighted by molar-refractivity contribution is -0.139. The van der Waals surface area contributed by atoms with Crippen molar-refractivity contribution < 1.29 is 9.53 Å². The summed E-state index contributed by atoms with van der Waals surface area (Å²) in [7, 11) is 0. The summed E-state index contributed by atoms with van der Waals surface area (Å²) in [6.45, 7) is 3.84. The Labute approximate surface area is 167 Å². The number of allylic oxidation sites excluding steroid dienone is 1. The molecule has 3 aromatic rings. The van der Waals surface area contributed by atoms with Crippen molar-refractivity contribution in [2.45, 2.75) is 19.9 Å². The molecule has 0 saturated heterocycles. The Morgan fingerprint density at radius 3 is 2.74 bits per heavy atom. The van der Waals surface area contributed by atoms with Gasteiger partial charge >= 0.3 is 5.97 Å². The molecule has 0 N–H and O–H groups in total. The molecular weight excluding hydrogens is 400 g/mol. The molecule has 5 nitrogen and oxygen atoms in total. The fourth-order valence-electron chi connectivity index (χ4n) is 3.01. The second-order valence-corrected chi connectivity index (χ2v) is 8.80. The van der Waals surface area contributed by atoms with Gasteiger partial charge in [-0.25, -0.2) is 9.79 Å². The van der Waals surface area contributed by atoms with Gasteiger partial charge in [0, 0.05) is 9.75 Å². The van der Waals surface area contributed by atoms with Gasteiger partial charge in [0.1, 0.15) is 6.04 Å². The number of thiazole rings is 1. The lowest BCUT2D eigenvalue weighted by Crippen LogP contribution is -2.39. The monoisotopic (exact) mass is 416 g/mol. The number of carbonyl (C=O) groups excluding carboxylic acids is 1. The van der Waals surface area contributed by atoms with Gasteiger partial charge in [-0.2, -0.15) is 0 Å². The van der Waals surface area contributed by atoms with Crippen molar-refractivity contribution >= 4 is 46.1 Å². The second kappa shape index (κ2) is 7.38. The molecule has 0 bridgehead atoms. The zero-order chi connectivity index (χ0) is 19.0. The van der Waals surface area contributed by atoms with E-state index in [0.717, 1.165) is 9.75 Å². The van der Waals surface area contributed by atoms with E-state index in [0.29, 0.717) is 20.6 Å². The molecule has 0 spiro atoms. The Morgan fingerprint density at radius 2 is 2.07 bits per heavy atom. The van der Waals surface area contributed by atoms with E-state index in [9.17, 15) is 9.59 Å². The van der Waals surface area contributed by atoms with Crippen LogP contribution in [0.3, 0.4) is 0 Å². The molecule has 0 fully saturated rings. The van der Waals surface area contributed by atoms with E-state index in [-0.39, 0.29) is 12.2 Å². The maximum absolute atomic E-state index is 13.2. The first-order valence-corrected chi connectivity index (χ1v) is 10.9. The van der Waals surface area contributed by atoms with Crippen LogP contribution in [0.5, 0.6) is 0 Å². The number of fused-ring (bicyclic) bond motifs is 1. The third-order valence-corrected chi connectivity index (χ3v) is 6.87. The molecule has 4 heterocycles. The molecule has 8 heteroatoms. The fraction of sp³-hybridized carbons (Fsp3) is 0.211. The van der Waals surface area contributed by atoms with Crippen molar-refractivity contribution in [2.75, 3.05) is 6.61 Å². The summed E-state index contributed by atoms with van der Waals surface area (Å²) in [5.74, 6) is -0.426. The molecule has 0 aliphatic carbocycles. The third kappa shape index (κ3) is 3.24. The van der Waals surface area contributed by atoms with Gasteiger partial charge in [-0.05, 0) is 42.8 Å². The molecular formula is C19H16N2O3S3. The average Bonchev–Trinajstić information content (AvgIpc) is 3.38. The highest BCUT2D eigenvalue weighted by atomic mass is 32.1. The van der Waals surface area contributed by atoms with Crippen molar-refractivity contribution in [1.29, 1.82) is 0 Å². The number of ether oxygens (including phenoxy) is 1. The molecule has 1 aliphatic rings. The SMILES string of the molecule is CCOC(=O)C1=C(C)N=c2s/c(=C/c3cccs3)c(=O)n2[C@@H]1c1cccs1. The maximum atomic E-state index is 13.2. The number of rotatable bonds is 4. The highest BCUT2D eigenvalue weighted by molar-refractivity contribution is 7.11. The minimum atomic E-state index is -0.509. The van der Waals surface area contributed by atoms with E-state index in [2.05, 4.69) is 4.99 Å². The average molecular weight is 417 g/mol. The molecule has 0 unspecified atom stereocenters. The largest absolute Gasteiger partial charge is 0.463 e.